The Morgan fingerprint density at radius 2 is 2.03 bits per heavy atom. The molecule has 2 aliphatic rings. The monoisotopic (exact) mass is 493 g/mol. The molecular formula is C14H15N5O9S3. The van der Waals surface area contributed by atoms with Crippen molar-refractivity contribution in [1.82, 2.24) is 15.2 Å². The highest BCUT2D eigenvalue weighted by atomic mass is 32.3. The number of β-lactam (4-membered cyclic amide) rings is 1. The zero-order valence-electron chi connectivity index (χ0n) is 15.2. The SMILES string of the molecule is C=CC1=C(C(=O)O)N2C(=O)[C@@H](NC(=O)/C(=N\O)c3csc(N)n3)[C@H]2SC1.O=S(=O)(O)O. The fourth-order valence-electron chi connectivity index (χ4n) is 2.62. The van der Waals surface area contributed by atoms with E-state index in [1.807, 2.05) is 0 Å². The average Bonchev–Trinajstić information content (AvgIpc) is 3.09. The maximum atomic E-state index is 12.4. The number of carboxylic acids is 1. The molecule has 0 radical (unpaired) electrons. The van der Waals surface area contributed by atoms with Crippen LogP contribution >= 0.6 is 23.1 Å². The lowest BCUT2D eigenvalue weighted by atomic mass is 10.0. The molecule has 2 aliphatic heterocycles. The van der Waals surface area contributed by atoms with Crippen LogP contribution in [0.15, 0.2) is 34.5 Å². The van der Waals surface area contributed by atoms with E-state index in [1.54, 1.807) is 0 Å². The number of thiazole rings is 1. The van der Waals surface area contributed by atoms with Crippen molar-refractivity contribution in [2.75, 3.05) is 11.5 Å². The number of carbonyl (C=O) groups is 3. The molecule has 2 atom stereocenters. The summed E-state index contributed by atoms with van der Waals surface area (Å²) in [5.74, 6) is -2.27. The van der Waals surface area contributed by atoms with Crippen molar-refractivity contribution in [3.05, 3.63) is 35.0 Å². The van der Waals surface area contributed by atoms with Crippen LogP contribution in [0.5, 0.6) is 0 Å². The van der Waals surface area contributed by atoms with Gasteiger partial charge in [0.15, 0.2) is 10.8 Å². The Balaban J connectivity index is 0.000000614. The van der Waals surface area contributed by atoms with Gasteiger partial charge < -0.3 is 21.4 Å². The number of rotatable bonds is 5. The Hall–Kier alpha value is -2.99. The summed E-state index contributed by atoms with van der Waals surface area (Å²) in [4.78, 5) is 41.2. The highest BCUT2D eigenvalue weighted by Gasteiger charge is 2.54. The van der Waals surface area contributed by atoms with Crippen molar-refractivity contribution < 1.29 is 42.2 Å². The third-order valence-electron chi connectivity index (χ3n) is 3.81. The fraction of sp³-hybridized carbons (Fsp3) is 0.214. The molecule has 0 unspecified atom stereocenters. The molecule has 1 aromatic rings. The molecule has 0 aliphatic carbocycles. The number of hydrogen-bond acceptors (Lipinski definition) is 11. The normalized spacial score (nSPS) is 20.8. The van der Waals surface area contributed by atoms with Gasteiger partial charge in [-0.05, 0) is 5.57 Å². The molecule has 0 saturated carbocycles. The van der Waals surface area contributed by atoms with E-state index in [0.29, 0.717) is 11.3 Å². The van der Waals surface area contributed by atoms with Gasteiger partial charge in [0.25, 0.3) is 11.8 Å². The molecule has 2 amide bonds. The molecule has 1 fully saturated rings. The summed E-state index contributed by atoms with van der Waals surface area (Å²) < 4.78 is 31.6. The van der Waals surface area contributed by atoms with Crippen LogP contribution in [0.4, 0.5) is 5.13 Å². The highest BCUT2D eigenvalue weighted by Crippen LogP contribution is 2.40. The number of oxime groups is 1. The molecule has 1 saturated heterocycles. The van der Waals surface area contributed by atoms with E-state index in [9.17, 15) is 19.5 Å². The number of nitrogens with zero attached hydrogens (tertiary/aromatic N) is 3. The summed E-state index contributed by atoms with van der Waals surface area (Å²) in [6, 6.07) is -0.944. The first-order chi connectivity index (χ1) is 14.4. The van der Waals surface area contributed by atoms with Gasteiger partial charge in [0.1, 0.15) is 22.8 Å². The molecule has 1 aromatic heterocycles. The van der Waals surface area contributed by atoms with Gasteiger partial charge in [0.05, 0.1) is 0 Å². The van der Waals surface area contributed by atoms with Crippen molar-refractivity contribution in [3.8, 4) is 0 Å². The quantitative estimate of drug-likeness (QED) is 0.0970. The summed E-state index contributed by atoms with van der Waals surface area (Å²) >= 11 is 2.37. The van der Waals surface area contributed by atoms with Crippen LogP contribution in [0, 0.1) is 0 Å². The zero-order chi connectivity index (χ0) is 23.5. The van der Waals surface area contributed by atoms with Crippen molar-refractivity contribution >= 4 is 62.1 Å². The predicted molar refractivity (Wildman–Crippen MR) is 109 cm³/mol. The molecule has 14 nitrogen and oxygen atoms in total. The molecule has 0 bridgehead atoms. The molecule has 17 heteroatoms. The zero-order valence-corrected chi connectivity index (χ0v) is 17.6. The molecular weight excluding hydrogens is 478 g/mol. The summed E-state index contributed by atoms with van der Waals surface area (Å²) in [7, 11) is -4.67. The lowest BCUT2D eigenvalue weighted by molar-refractivity contribution is -0.150. The minimum Gasteiger partial charge on any atom is -0.477 e. The number of hydrogen-bond donors (Lipinski definition) is 6. The van der Waals surface area contributed by atoms with E-state index in [0.717, 1.165) is 16.2 Å². The second-order valence-corrected chi connectivity index (χ2v) is 8.60. The van der Waals surface area contributed by atoms with E-state index in [1.165, 1.54) is 23.2 Å². The Kier molecular flexibility index (Phi) is 7.39. The largest absolute Gasteiger partial charge is 0.477 e. The van der Waals surface area contributed by atoms with Gasteiger partial charge in [0.2, 0.25) is 0 Å². The summed E-state index contributed by atoms with van der Waals surface area (Å²) in [5, 5.41) is 24.9. The van der Waals surface area contributed by atoms with Crippen LogP contribution in [0.25, 0.3) is 0 Å². The highest BCUT2D eigenvalue weighted by molar-refractivity contribution is 8.00. The maximum absolute atomic E-state index is 12.4. The first-order valence-corrected chi connectivity index (χ1v) is 11.2. The predicted octanol–water partition coefficient (Wildman–Crippen LogP) is -0.825. The smallest absolute Gasteiger partial charge is 0.394 e. The maximum Gasteiger partial charge on any atom is 0.394 e. The second kappa shape index (κ2) is 9.43. The van der Waals surface area contributed by atoms with Gasteiger partial charge in [-0.15, -0.1) is 23.1 Å². The number of anilines is 1. The number of nitrogen functional groups attached to an aromatic ring is 1. The molecule has 3 rings (SSSR count). The minimum atomic E-state index is -4.67. The van der Waals surface area contributed by atoms with E-state index in [4.69, 9.17) is 28.5 Å². The Bertz CT molecular complexity index is 1090. The third-order valence-corrected chi connectivity index (χ3v) is 5.79. The number of carboxylic acid groups (broad SMARTS) is 1. The first kappa shape index (κ1) is 24.3. The Labute approximate surface area is 182 Å². The summed E-state index contributed by atoms with van der Waals surface area (Å²) in [5.41, 5.74) is 5.49. The van der Waals surface area contributed by atoms with Crippen molar-refractivity contribution in [2.45, 2.75) is 11.4 Å². The minimum absolute atomic E-state index is 0.0764. The van der Waals surface area contributed by atoms with Gasteiger partial charge in [0, 0.05) is 11.1 Å². The second-order valence-electron chi connectivity index (χ2n) is 5.71. The van der Waals surface area contributed by atoms with Crippen LogP contribution < -0.4 is 11.1 Å². The number of allylic oxidation sites excluding steroid dienone is 1. The van der Waals surface area contributed by atoms with Crippen LogP contribution in [-0.2, 0) is 24.8 Å². The third kappa shape index (κ3) is 5.58. The molecule has 31 heavy (non-hydrogen) atoms. The van der Waals surface area contributed by atoms with Gasteiger partial charge in [-0.25, -0.2) is 9.78 Å². The summed E-state index contributed by atoms with van der Waals surface area (Å²) in [6.07, 6.45) is 1.40. The molecule has 0 spiro atoms. The van der Waals surface area contributed by atoms with E-state index < -0.39 is 39.6 Å². The molecule has 7 N–H and O–H groups in total. The number of nitrogens with one attached hydrogen (secondary N) is 1. The molecule has 0 aromatic carbocycles. The van der Waals surface area contributed by atoms with Crippen LogP contribution in [-0.4, -0.2) is 78.4 Å². The van der Waals surface area contributed by atoms with Crippen molar-refractivity contribution in [3.63, 3.8) is 0 Å². The van der Waals surface area contributed by atoms with Gasteiger partial charge in [-0.2, -0.15) is 8.42 Å². The first-order valence-electron chi connectivity index (χ1n) is 7.86. The Morgan fingerprint density at radius 1 is 1.42 bits per heavy atom. The topological polar surface area (TPSA) is 233 Å². The number of amides is 2. The fourth-order valence-corrected chi connectivity index (χ4v) is 4.51. The van der Waals surface area contributed by atoms with E-state index in [-0.39, 0.29) is 22.2 Å². The molecule has 168 valence electrons. The van der Waals surface area contributed by atoms with Gasteiger partial charge in [-0.1, -0.05) is 17.8 Å². The van der Waals surface area contributed by atoms with Crippen LogP contribution in [0.1, 0.15) is 5.69 Å². The number of thioether (sulfide) groups is 1. The van der Waals surface area contributed by atoms with E-state index in [2.05, 4.69) is 22.0 Å². The number of nitrogens with two attached hydrogens (primary N) is 1. The van der Waals surface area contributed by atoms with Gasteiger partial charge >= 0.3 is 16.4 Å². The number of aromatic nitrogens is 1. The van der Waals surface area contributed by atoms with Crippen molar-refractivity contribution in [2.24, 2.45) is 5.16 Å². The Morgan fingerprint density at radius 3 is 2.48 bits per heavy atom. The molecule has 3 heterocycles. The number of fused-ring (bicyclic) bond motifs is 1. The lowest BCUT2D eigenvalue weighted by Gasteiger charge is -2.49. The average molecular weight is 494 g/mol. The van der Waals surface area contributed by atoms with E-state index >= 15 is 0 Å². The van der Waals surface area contributed by atoms with Crippen LogP contribution in [0.3, 0.4) is 0 Å². The standard InChI is InChI=1S/C14H13N5O5S2.H2O4S/c1-2-5-3-25-12-8(11(21)19(12)9(5)13(22)23)17-10(20)7(18-24)6-4-26-14(15)16-6;1-5(2,3)4/h2,4,8,12,24H,1,3H2,(H2,15,16)(H,17,20)(H,22,23);(H2,1,2,3,4)/b18-7-;/t8-,12-;/m1./s1. The van der Waals surface area contributed by atoms with Gasteiger partial charge in [-0.3, -0.25) is 23.6 Å². The summed E-state index contributed by atoms with van der Waals surface area (Å²) in [6.45, 7) is 3.56. The lowest BCUT2D eigenvalue weighted by Crippen LogP contribution is -2.71. The van der Waals surface area contributed by atoms with Crippen molar-refractivity contribution in [1.29, 1.82) is 0 Å². The van der Waals surface area contributed by atoms with Crippen LogP contribution in [0.2, 0.25) is 0 Å². The number of aliphatic carboxylic acids is 1. The number of carbonyl (C=O) groups excluding carboxylic acids is 2.